The maximum atomic E-state index is 13.2. The summed E-state index contributed by atoms with van der Waals surface area (Å²) in [6.45, 7) is 0.0958. The number of nitrogens with one attached hydrogen (secondary N) is 1. The molecule has 10 heteroatoms. The molecule has 27 heavy (non-hydrogen) atoms. The van der Waals surface area contributed by atoms with Gasteiger partial charge in [0.15, 0.2) is 0 Å². The third-order valence-electron chi connectivity index (χ3n) is 4.15. The Kier molecular flexibility index (Phi) is 4.05. The fourth-order valence-electron chi connectivity index (χ4n) is 2.94. The van der Waals surface area contributed by atoms with E-state index in [2.05, 4.69) is 10.2 Å². The van der Waals surface area contributed by atoms with Gasteiger partial charge in [-0.3, -0.25) is 4.79 Å². The zero-order valence-corrected chi connectivity index (χ0v) is 15.3. The summed E-state index contributed by atoms with van der Waals surface area (Å²) in [5.74, 6) is 0.445. The monoisotopic (exact) mass is 404 g/mol. The predicted molar refractivity (Wildman–Crippen MR) is 99.5 cm³/mol. The first-order valence-electron chi connectivity index (χ1n) is 7.78. The van der Waals surface area contributed by atoms with Crippen molar-refractivity contribution < 1.29 is 12.8 Å². The van der Waals surface area contributed by atoms with E-state index < -0.39 is 15.4 Å². The van der Waals surface area contributed by atoms with Gasteiger partial charge in [0.05, 0.1) is 23.9 Å². The van der Waals surface area contributed by atoms with Gasteiger partial charge < -0.3 is 14.7 Å². The minimum Gasteiger partial charge on any atom is -0.467 e. The summed E-state index contributed by atoms with van der Waals surface area (Å²) in [5.41, 5.74) is 5.74. The topological polar surface area (TPSA) is 124 Å². The number of aromatic nitrogens is 3. The number of nitrogens with zero attached hydrogens (tertiary/aromatic N) is 2. The van der Waals surface area contributed by atoms with Crippen LogP contribution in [0, 0.1) is 0 Å². The Bertz CT molecular complexity index is 1290. The van der Waals surface area contributed by atoms with E-state index in [1.165, 1.54) is 41.3 Å². The third-order valence-corrected chi connectivity index (χ3v) is 6.27. The maximum Gasteiger partial charge on any atom is 0.288 e. The molecule has 0 unspecified atom stereocenters. The summed E-state index contributed by atoms with van der Waals surface area (Å²) in [7, 11) is -4.02. The lowest BCUT2D eigenvalue weighted by atomic mass is 10.3. The molecule has 0 fully saturated rings. The Balaban J connectivity index is 2.01. The summed E-state index contributed by atoms with van der Waals surface area (Å²) in [4.78, 5) is 12.2. The SMILES string of the molecule is Nc1c(S(=O)(=O)c2ccc(Cl)cc2)c2cn[nH]c(=O)c2n1Cc1ccco1. The molecule has 0 spiro atoms. The molecular weight excluding hydrogens is 392 g/mol. The number of rotatable bonds is 4. The van der Waals surface area contributed by atoms with E-state index in [1.807, 2.05) is 0 Å². The number of benzene rings is 1. The van der Waals surface area contributed by atoms with E-state index in [4.69, 9.17) is 21.8 Å². The van der Waals surface area contributed by atoms with Crippen LogP contribution >= 0.6 is 11.6 Å². The molecule has 4 aromatic rings. The van der Waals surface area contributed by atoms with Gasteiger partial charge >= 0.3 is 0 Å². The average molecular weight is 405 g/mol. The smallest absolute Gasteiger partial charge is 0.288 e. The van der Waals surface area contributed by atoms with Gasteiger partial charge in [-0.15, -0.1) is 0 Å². The normalized spacial score (nSPS) is 11.9. The highest BCUT2D eigenvalue weighted by molar-refractivity contribution is 7.92. The molecule has 4 rings (SSSR count). The van der Waals surface area contributed by atoms with Crippen molar-refractivity contribution in [1.29, 1.82) is 0 Å². The molecule has 0 aliphatic heterocycles. The Morgan fingerprint density at radius 1 is 1.22 bits per heavy atom. The van der Waals surface area contributed by atoms with Crippen molar-refractivity contribution in [3.63, 3.8) is 0 Å². The van der Waals surface area contributed by atoms with Crippen molar-refractivity contribution in [1.82, 2.24) is 14.8 Å². The van der Waals surface area contributed by atoms with Gasteiger partial charge in [0.1, 0.15) is 22.0 Å². The number of fused-ring (bicyclic) bond motifs is 1. The summed E-state index contributed by atoms with van der Waals surface area (Å²) in [6.07, 6.45) is 2.75. The van der Waals surface area contributed by atoms with Crippen LogP contribution in [0.1, 0.15) is 5.76 Å². The first kappa shape index (κ1) is 17.4. The fourth-order valence-corrected chi connectivity index (χ4v) is 4.62. The van der Waals surface area contributed by atoms with Crippen molar-refractivity contribution in [3.8, 4) is 0 Å². The third kappa shape index (κ3) is 2.81. The number of hydrogen-bond donors (Lipinski definition) is 2. The number of sulfone groups is 1. The molecule has 0 aliphatic carbocycles. The maximum absolute atomic E-state index is 13.2. The van der Waals surface area contributed by atoms with Crippen LogP contribution < -0.4 is 11.3 Å². The summed E-state index contributed by atoms with van der Waals surface area (Å²) in [5, 5.41) is 6.58. The second kappa shape index (κ2) is 6.29. The number of anilines is 1. The standard InChI is InChI=1S/C17H13ClN4O4S/c18-10-3-5-12(6-4-10)27(24,25)15-13-8-20-21-17(23)14(13)22(16(15)19)9-11-2-1-7-26-11/h1-8H,9,19H2,(H,21,23). The number of aromatic amines is 1. The lowest BCUT2D eigenvalue weighted by Gasteiger charge is -2.07. The van der Waals surface area contributed by atoms with E-state index in [1.54, 1.807) is 12.1 Å². The molecule has 0 amide bonds. The number of nitrogens with two attached hydrogens (primary N) is 1. The number of nitrogen functional groups attached to an aromatic ring is 1. The van der Waals surface area contributed by atoms with Gasteiger partial charge in [-0.05, 0) is 36.4 Å². The van der Waals surface area contributed by atoms with Crippen molar-refractivity contribution in [2.75, 3.05) is 5.73 Å². The highest BCUT2D eigenvalue weighted by Gasteiger charge is 2.29. The molecule has 138 valence electrons. The van der Waals surface area contributed by atoms with Crippen LogP contribution in [0.15, 0.2) is 67.9 Å². The van der Waals surface area contributed by atoms with Crippen LogP contribution in [0.2, 0.25) is 5.02 Å². The molecule has 3 N–H and O–H groups in total. The Hall–Kier alpha value is -3.04. The van der Waals surface area contributed by atoms with Crippen molar-refractivity contribution in [3.05, 3.63) is 70.0 Å². The van der Waals surface area contributed by atoms with E-state index >= 15 is 0 Å². The quantitative estimate of drug-likeness (QED) is 0.538. The summed E-state index contributed by atoms with van der Waals surface area (Å²) in [6, 6.07) is 9.10. The van der Waals surface area contributed by atoms with Crippen molar-refractivity contribution in [2.24, 2.45) is 0 Å². The van der Waals surface area contributed by atoms with Crippen molar-refractivity contribution in [2.45, 2.75) is 16.3 Å². The number of H-pyrrole nitrogens is 1. The highest BCUT2D eigenvalue weighted by Crippen LogP contribution is 2.35. The van der Waals surface area contributed by atoms with Crippen LogP contribution in [0.5, 0.6) is 0 Å². The summed E-state index contributed by atoms with van der Waals surface area (Å²) >= 11 is 5.85. The van der Waals surface area contributed by atoms with Crippen LogP contribution in [0.25, 0.3) is 10.9 Å². The lowest BCUT2D eigenvalue weighted by molar-refractivity contribution is 0.497. The minimum atomic E-state index is -4.02. The zero-order chi connectivity index (χ0) is 19.2. The molecule has 0 saturated carbocycles. The summed E-state index contributed by atoms with van der Waals surface area (Å²) < 4.78 is 33.1. The molecule has 8 nitrogen and oxygen atoms in total. The largest absolute Gasteiger partial charge is 0.467 e. The van der Waals surface area contributed by atoms with Gasteiger partial charge in [0.25, 0.3) is 5.56 Å². The molecule has 0 bridgehead atoms. The van der Waals surface area contributed by atoms with E-state index in [9.17, 15) is 13.2 Å². The zero-order valence-electron chi connectivity index (χ0n) is 13.7. The molecule has 0 radical (unpaired) electrons. The molecule has 0 aliphatic rings. The van der Waals surface area contributed by atoms with Crippen molar-refractivity contribution >= 4 is 38.2 Å². The van der Waals surface area contributed by atoms with Crippen LogP contribution in [0.4, 0.5) is 5.82 Å². The molecule has 3 heterocycles. The molecular formula is C17H13ClN4O4S. The lowest BCUT2D eigenvalue weighted by Crippen LogP contribution is -2.13. The Labute approximate surface area is 158 Å². The molecule has 1 aromatic carbocycles. The number of halogens is 1. The number of hydrogen-bond acceptors (Lipinski definition) is 6. The first-order chi connectivity index (χ1) is 12.9. The van der Waals surface area contributed by atoms with E-state index in [0.29, 0.717) is 10.8 Å². The average Bonchev–Trinajstić information content (AvgIpc) is 3.23. The van der Waals surface area contributed by atoms with E-state index in [0.717, 1.165) is 0 Å². The predicted octanol–water partition coefficient (Wildman–Crippen LogP) is 2.43. The molecule has 0 saturated heterocycles. The van der Waals surface area contributed by atoms with Crippen LogP contribution in [-0.2, 0) is 16.4 Å². The highest BCUT2D eigenvalue weighted by atomic mass is 35.5. The van der Waals surface area contributed by atoms with Gasteiger partial charge in [-0.2, -0.15) is 5.10 Å². The second-order valence-corrected chi connectivity index (χ2v) is 8.12. The van der Waals surface area contributed by atoms with Gasteiger partial charge in [-0.25, -0.2) is 13.5 Å². The molecule has 0 atom stereocenters. The Morgan fingerprint density at radius 3 is 2.63 bits per heavy atom. The number of furan rings is 1. The van der Waals surface area contributed by atoms with Crippen LogP contribution in [0.3, 0.4) is 0 Å². The van der Waals surface area contributed by atoms with Gasteiger partial charge in [0, 0.05) is 10.4 Å². The molecule has 3 aromatic heterocycles. The fraction of sp³-hybridized carbons (Fsp3) is 0.0588. The first-order valence-corrected chi connectivity index (χ1v) is 9.64. The second-order valence-electron chi connectivity index (χ2n) is 5.80. The minimum absolute atomic E-state index is 0.0101. The van der Waals surface area contributed by atoms with Crippen LogP contribution in [-0.4, -0.2) is 23.2 Å². The Morgan fingerprint density at radius 2 is 1.96 bits per heavy atom. The van der Waals surface area contributed by atoms with Gasteiger partial charge in [-0.1, -0.05) is 11.6 Å². The van der Waals surface area contributed by atoms with E-state index in [-0.39, 0.29) is 33.1 Å². The van der Waals surface area contributed by atoms with Gasteiger partial charge in [0.2, 0.25) is 9.84 Å².